The monoisotopic (exact) mass is 438 g/mol. The Morgan fingerprint density at radius 3 is 2.50 bits per heavy atom. The third-order valence-corrected chi connectivity index (χ3v) is 7.13. The zero-order valence-corrected chi connectivity index (χ0v) is 17.6. The maximum atomic E-state index is 13.5. The molecule has 2 aromatic carbocycles. The first-order chi connectivity index (χ1) is 14.2. The van der Waals surface area contributed by atoms with Crippen LogP contribution in [0.5, 0.6) is 5.75 Å². The van der Waals surface area contributed by atoms with Crippen LogP contribution in [0.4, 0.5) is 8.78 Å². The molecule has 1 saturated heterocycles. The van der Waals surface area contributed by atoms with Crippen molar-refractivity contribution in [2.24, 2.45) is 5.92 Å². The fraction of sp³-hybridized carbons (Fsp3) is 0.381. The molecule has 2 unspecified atom stereocenters. The van der Waals surface area contributed by atoms with E-state index in [-0.39, 0.29) is 17.3 Å². The van der Waals surface area contributed by atoms with Gasteiger partial charge in [0.1, 0.15) is 5.75 Å². The number of carbonyl (C=O) groups is 1. The molecule has 9 heteroatoms. The summed E-state index contributed by atoms with van der Waals surface area (Å²) in [5, 5.41) is 2.77. The Balaban J connectivity index is 1.68. The number of methoxy groups -OCH3 is 1. The molecular weight excluding hydrogens is 414 g/mol. The number of piperidine rings is 1. The second-order valence-electron chi connectivity index (χ2n) is 7.28. The number of nitrogens with zero attached hydrogens (tertiary/aromatic N) is 1. The molecule has 0 aromatic heterocycles. The number of benzene rings is 2. The number of nitrogens with one attached hydrogen (secondary N) is 1. The van der Waals surface area contributed by atoms with Gasteiger partial charge in [0.2, 0.25) is 15.9 Å². The van der Waals surface area contributed by atoms with Gasteiger partial charge in [-0.25, -0.2) is 17.2 Å². The molecule has 30 heavy (non-hydrogen) atoms. The normalized spacial score (nSPS) is 18.6. The zero-order valence-electron chi connectivity index (χ0n) is 16.8. The van der Waals surface area contributed by atoms with Crippen molar-refractivity contribution in [2.75, 3.05) is 20.2 Å². The number of halogens is 2. The maximum Gasteiger partial charge on any atom is 0.243 e. The highest BCUT2D eigenvalue weighted by atomic mass is 32.2. The second kappa shape index (κ2) is 9.09. The van der Waals surface area contributed by atoms with Gasteiger partial charge in [0.05, 0.1) is 24.0 Å². The molecule has 1 amide bonds. The van der Waals surface area contributed by atoms with Crippen LogP contribution < -0.4 is 10.1 Å². The van der Waals surface area contributed by atoms with E-state index in [1.165, 1.54) is 29.6 Å². The molecule has 3 rings (SSSR count). The molecule has 1 fully saturated rings. The van der Waals surface area contributed by atoms with Crippen LogP contribution in [0.15, 0.2) is 47.4 Å². The molecule has 1 heterocycles. The van der Waals surface area contributed by atoms with Gasteiger partial charge in [-0.1, -0.05) is 6.07 Å². The minimum Gasteiger partial charge on any atom is -0.497 e. The Bertz CT molecular complexity index is 1010. The summed E-state index contributed by atoms with van der Waals surface area (Å²) in [5.41, 5.74) is 0.431. The van der Waals surface area contributed by atoms with Crippen LogP contribution in [-0.2, 0) is 14.8 Å². The predicted molar refractivity (Wildman–Crippen MR) is 107 cm³/mol. The molecule has 0 bridgehead atoms. The van der Waals surface area contributed by atoms with Gasteiger partial charge in [-0.15, -0.1) is 0 Å². The van der Waals surface area contributed by atoms with Gasteiger partial charge in [0, 0.05) is 13.1 Å². The Hall–Kier alpha value is -2.52. The largest absolute Gasteiger partial charge is 0.497 e. The van der Waals surface area contributed by atoms with Gasteiger partial charge in [-0.05, 0) is 61.7 Å². The molecular formula is C21H24F2N2O4S. The predicted octanol–water partition coefficient (Wildman–Crippen LogP) is 3.25. The Labute approximate surface area is 174 Å². The highest BCUT2D eigenvalue weighted by molar-refractivity contribution is 7.89. The van der Waals surface area contributed by atoms with Gasteiger partial charge in [-0.3, -0.25) is 4.79 Å². The van der Waals surface area contributed by atoms with Crippen molar-refractivity contribution in [3.05, 3.63) is 59.7 Å². The lowest BCUT2D eigenvalue weighted by Crippen LogP contribution is -2.45. The summed E-state index contributed by atoms with van der Waals surface area (Å²) < 4.78 is 58.8. The van der Waals surface area contributed by atoms with E-state index in [2.05, 4.69) is 5.32 Å². The molecule has 2 atom stereocenters. The average molecular weight is 438 g/mol. The second-order valence-corrected chi connectivity index (χ2v) is 9.22. The number of hydrogen-bond acceptors (Lipinski definition) is 4. The summed E-state index contributed by atoms with van der Waals surface area (Å²) in [6.07, 6.45) is 1.10. The van der Waals surface area contributed by atoms with E-state index in [1.54, 1.807) is 19.1 Å². The van der Waals surface area contributed by atoms with E-state index in [1.807, 2.05) is 0 Å². The highest BCUT2D eigenvalue weighted by Gasteiger charge is 2.33. The Morgan fingerprint density at radius 1 is 1.17 bits per heavy atom. The maximum absolute atomic E-state index is 13.5. The van der Waals surface area contributed by atoms with Crippen LogP contribution in [0.2, 0.25) is 0 Å². The fourth-order valence-corrected chi connectivity index (χ4v) is 4.99. The first-order valence-corrected chi connectivity index (χ1v) is 11.1. The molecule has 0 saturated carbocycles. The van der Waals surface area contributed by atoms with Crippen LogP contribution in [0.1, 0.15) is 31.4 Å². The smallest absolute Gasteiger partial charge is 0.243 e. The van der Waals surface area contributed by atoms with Crippen molar-refractivity contribution in [3.8, 4) is 5.75 Å². The van der Waals surface area contributed by atoms with Gasteiger partial charge in [0.25, 0.3) is 0 Å². The topological polar surface area (TPSA) is 75.7 Å². The highest BCUT2D eigenvalue weighted by Crippen LogP contribution is 2.26. The van der Waals surface area contributed by atoms with Crippen molar-refractivity contribution in [1.29, 1.82) is 0 Å². The number of sulfonamides is 1. The van der Waals surface area contributed by atoms with Gasteiger partial charge in [-0.2, -0.15) is 4.31 Å². The summed E-state index contributed by atoms with van der Waals surface area (Å²) in [4.78, 5) is 12.8. The molecule has 0 spiro atoms. The van der Waals surface area contributed by atoms with E-state index in [0.717, 1.165) is 12.1 Å². The van der Waals surface area contributed by atoms with Crippen LogP contribution >= 0.6 is 0 Å². The lowest BCUT2D eigenvalue weighted by Gasteiger charge is -2.32. The molecule has 0 aliphatic carbocycles. The molecule has 1 aliphatic rings. The van der Waals surface area contributed by atoms with Crippen molar-refractivity contribution in [3.63, 3.8) is 0 Å². The minimum atomic E-state index is -3.74. The Morgan fingerprint density at radius 2 is 1.87 bits per heavy atom. The summed E-state index contributed by atoms with van der Waals surface area (Å²) in [6.45, 7) is 2.06. The molecule has 1 aliphatic heterocycles. The SMILES string of the molecule is COc1ccc(S(=O)(=O)N2CCCC(C(=O)NC(C)c3ccc(F)c(F)c3)C2)cc1. The van der Waals surface area contributed by atoms with E-state index >= 15 is 0 Å². The van der Waals surface area contributed by atoms with Crippen molar-refractivity contribution >= 4 is 15.9 Å². The third kappa shape index (κ3) is 4.79. The summed E-state index contributed by atoms with van der Waals surface area (Å²) in [5.74, 6) is -2.23. The molecule has 1 N–H and O–H groups in total. The quantitative estimate of drug-likeness (QED) is 0.751. The first-order valence-electron chi connectivity index (χ1n) is 9.62. The minimum absolute atomic E-state index is 0.0602. The summed E-state index contributed by atoms with van der Waals surface area (Å²) in [7, 11) is -2.24. The number of carbonyl (C=O) groups excluding carboxylic acids is 1. The van der Waals surface area contributed by atoms with Crippen LogP contribution in [-0.4, -0.2) is 38.8 Å². The lowest BCUT2D eigenvalue weighted by molar-refractivity contribution is -0.126. The van der Waals surface area contributed by atoms with E-state index < -0.39 is 33.6 Å². The molecule has 6 nitrogen and oxygen atoms in total. The van der Waals surface area contributed by atoms with Gasteiger partial charge >= 0.3 is 0 Å². The van der Waals surface area contributed by atoms with Gasteiger partial charge < -0.3 is 10.1 Å². The van der Waals surface area contributed by atoms with E-state index in [0.29, 0.717) is 30.7 Å². The van der Waals surface area contributed by atoms with Crippen molar-refractivity contribution in [2.45, 2.75) is 30.7 Å². The van der Waals surface area contributed by atoms with E-state index in [9.17, 15) is 22.0 Å². The Kier molecular flexibility index (Phi) is 6.72. The number of ether oxygens (including phenoxy) is 1. The fourth-order valence-electron chi connectivity index (χ4n) is 3.47. The average Bonchev–Trinajstić information content (AvgIpc) is 2.75. The number of rotatable bonds is 6. The van der Waals surface area contributed by atoms with Gasteiger partial charge in [0.15, 0.2) is 11.6 Å². The summed E-state index contributed by atoms with van der Waals surface area (Å²) >= 11 is 0. The zero-order chi connectivity index (χ0) is 21.9. The number of amides is 1. The van der Waals surface area contributed by atoms with Crippen molar-refractivity contribution < 1.29 is 26.7 Å². The molecule has 2 aromatic rings. The van der Waals surface area contributed by atoms with Crippen LogP contribution in [0.25, 0.3) is 0 Å². The van der Waals surface area contributed by atoms with Crippen LogP contribution in [0, 0.1) is 17.6 Å². The van der Waals surface area contributed by atoms with Crippen molar-refractivity contribution in [1.82, 2.24) is 9.62 Å². The molecule has 162 valence electrons. The van der Waals surface area contributed by atoms with E-state index in [4.69, 9.17) is 4.74 Å². The molecule has 0 radical (unpaired) electrons. The summed E-state index contributed by atoms with van der Waals surface area (Å²) in [6, 6.07) is 9.02. The third-order valence-electron chi connectivity index (χ3n) is 5.25. The lowest BCUT2D eigenvalue weighted by atomic mass is 9.98. The number of hydrogen-bond donors (Lipinski definition) is 1. The first kappa shape index (κ1) is 22.2. The standard InChI is InChI=1S/C21H24F2N2O4S/c1-14(15-5-10-19(22)20(23)12-15)24-21(26)16-4-3-11-25(13-16)30(27,28)18-8-6-17(29-2)7-9-18/h5-10,12,14,16H,3-4,11,13H2,1-2H3,(H,24,26). The van der Waals surface area contributed by atoms with Crippen LogP contribution in [0.3, 0.4) is 0 Å².